The largest absolute Gasteiger partial charge is 0.456 e. The molecule has 1 nitrogen and oxygen atoms in total. The van der Waals surface area contributed by atoms with Crippen molar-refractivity contribution in [1.29, 1.82) is 0 Å². The van der Waals surface area contributed by atoms with E-state index in [2.05, 4.69) is 0 Å². The van der Waals surface area contributed by atoms with Crippen LogP contribution in [-0.2, 0) is 0 Å². The number of allylic oxidation sites excluding steroid dienone is 2. The van der Waals surface area contributed by atoms with Crippen molar-refractivity contribution in [2.75, 3.05) is 0 Å². The average Bonchev–Trinajstić information content (AvgIpc) is 2.52. The maximum Gasteiger partial charge on any atom is 0.456 e. The molecule has 0 saturated carbocycles. The number of carbonyl (C=O) groups excluding carboxylic acids is 1. The summed E-state index contributed by atoms with van der Waals surface area (Å²) >= 11 is 0. The van der Waals surface area contributed by atoms with Gasteiger partial charge in [-0.05, 0) is 13.8 Å². The summed E-state index contributed by atoms with van der Waals surface area (Å²) in [6.45, 7) is 2.41. The van der Waals surface area contributed by atoms with Gasteiger partial charge in [-0.2, -0.15) is 22.0 Å². The zero-order chi connectivity index (χ0) is 19.3. The summed E-state index contributed by atoms with van der Waals surface area (Å²) < 4.78 is 96.9. The van der Waals surface area contributed by atoms with E-state index in [0.717, 1.165) is 19.1 Å². The number of rotatable bonds is 3. The average molecular weight is 368 g/mol. The van der Waals surface area contributed by atoms with Crippen LogP contribution in [0.1, 0.15) is 37.0 Å². The zero-order valence-electron chi connectivity index (χ0n) is 13.4. The molecule has 1 aromatic carbocycles. The normalized spacial score (nSPS) is 28.2. The predicted molar refractivity (Wildman–Crippen MR) is 77.1 cm³/mol. The third kappa shape index (κ3) is 2.75. The highest BCUT2D eigenvalue weighted by Gasteiger charge is 2.80. The summed E-state index contributed by atoms with van der Waals surface area (Å²) in [6.07, 6.45) is -9.04. The third-order valence-electron chi connectivity index (χ3n) is 4.62. The van der Waals surface area contributed by atoms with E-state index < -0.39 is 47.6 Å². The van der Waals surface area contributed by atoms with Crippen molar-refractivity contribution in [2.24, 2.45) is 0 Å². The fourth-order valence-electron chi connectivity index (χ4n) is 2.98. The Balaban J connectivity index is 2.69. The second-order valence-corrected chi connectivity index (χ2v) is 6.28. The van der Waals surface area contributed by atoms with Gasteiger partial charge in [0.25, 0.3) is 0 Å². The summed E-state index contributed by atoms with van der Waals surface area (Å²) in [5, 5.41) is 0. The van der Waals surface area contributed by atoms with Crippen molar-refractivity contribution in [3.63, 3.8) is 0 Å². The zero-order valence-corrected chi connectivity index (χ0v) is 13.4. The van der Waals surface area contributed by atoms with Crippen LogP contribution in [0.25, 0.3) is 0 Å². The first-order chi connectivity index (χ1) is 11.3. The fraction of sp³-hybridized carbons (Fsp3) is 0.471. The molecule has 138 valence electrons. The van der Waals surface area contributed by atoms with Crippen LogP contribution in [0.15, 0.2) is 41.5 Å². The quantitative estimate of drug-likeness (QED) is 0.385. The topological polar surface area (TPSA) is 17.1 Å². The smallest absolute Gasteiger partial charge is 0.290 e. The molecule has 0 heterocycles. The van der Waals surface area contributed by atoms with Gasteiger partial charge in [-0.25, -0.2) is 8.78 Å². The number of Topliss-reactive ketones (excluding diaryl/α,β-unsaturated/α-hetero) is 1. The van der Waals surface area contributed by atoms with Gasteiger partial charge >= 0.3 is 12.1 Å². The first kappa shape index (κ1) is 19.5. The molecule has 0 amide bonds. The number of carbonyl (C=O) groups is 1. The van der Waals surface area contributed by atoms with E-state index >= 15 is 8.78 Å². The highest BCUT2D eigenvalue weighted by Crippen LogP contribution is 2.58. The molecule has 0 aliphatic heterocycles. The van der Waals surface area contributed by atoms with Crippen LogP contribution in [0.3, 0.4) is 0 Å². The van der Waals surface area contributed by atoms with Crippen molar-refractivity contribution >= 4 is 5.78 Å². The molecule has 25 heavy (non-hydrogen) atoms. The van der Waals surface area contributed by atoms with Crippen molar-refractivity contribution in [1.82, 2.24) is 0 Å². The van der Waals surface area contributed by atoms with Crippen LogP contribution in [0, 0.1) is 0 Å². The Morgan fingerprint density at radius 1 is 0.920 bits per heavy atom. The van der Waals surface area contributed by atoms with Crippen LogP contribution in [0.4, 0.5) is 30.7 Å². The maximum atomic E-state index is 15.4. The Bertz CT molecular complexity index is 707. The van der Waals surface area contributed by atoms with E-state index in [0.29, 0.717) is 0 Å². The second-order valence-electron chi connectivity index (χ2n) is 6.28. The molecular weight excluding hydrogens is 353 g/mol. The standard InChI is InChI=1S/C17H15F7O/c1-10-8-14(18,13(25)12-6-4-3-5-7-12)15(19,9-11(10)2)16(20,21)17(22,23)24/h3-7H,8-9H2,1-2H3. The highest BCUT2D eigenvalue weighted by atomic mass is 19.4. The molecule has 0 bridgehead atoms. The van der Waals surface area contributed by atoms with E-state index in [1.54, 1.807) is 0 Å². The molecule has 0 saturated heterocycles. The molecular formula is C17H15F7O. The minimum absolute atomic E-state index is 0.0676. The number of hydrogen-bond acceptors (Lipinski definition) is 1. The van der Waals surface area contributed by atoms with Crippen LogP contribution in [0.5, 0.6) is 0 Å². The lowest BCUT2D eigenvalue weighted by atomic mass is 9.66. The minimum Gasteiger partial charge on any atom is -0.290 e. The van der Waals surface area contributed by atoms with Gasteiger partial charge in [-0.1, -0.05) is 41.5 Å². The monoisotopic (exact) mass is 368 g/mol. The van der Waals surface area contributed by atoms with Gasteiger partial charge in [0.15, 0.2) is 0 Å². The van der Waals surface area contributed by atoms with E-state index in [-0.39, 0.29) is 11.1 Å². The Kier molecular flexibility index (Phi) is 4.55. The molecule has 2 atom stereocenters. The summed E-state index contributed by atoms with van der Waals surface area (Å²) in [6, 6.07) is 6.06. The molecule has 0 radical (unpaired) electrons. The minimum atomic E-state index is -6.35. The third-order valence-corrected chi connectivity index (χ3v) is 4.62. The van der Waals surface area contributed by atoms with E-state index in [1.807, 2.05) is 0 Å². The van der Waals surface area contributed by atoms with Crippen LogP contribution >= 0.6 is 0 Å². The van der Waals surface area contributed by atoms with Gasteiger partial charge in [0.05, 0.1) is 0 Å². The van der Waals surface area contributed by atoms with Gasteiger partial charge < -0.3 is 0 Å². The summed E-state index contributed by atoms with van der Waals surface area (Å²) in [7, 11) is 0. The summed E-state index contributed by atoms with van der Waals surface area (Å²) in [5.41, 5.74) is -9.33. The molecule has 0 spiro atoms. The first-order valence-corrected chi connectivity index (χ1v) is 7.35. The molecule has 0 aromatic heterocycles. The maximum absolute atomic E-state index is 15.4. The fourth-order valence-corrected chi connectivity index (χ4v) is 2.98. The number of benzene rings is 1. The van der Waals surface area contributed by atoms with Crippen molar-refractivity contribution in [3.8, 4) is 0 Å². The Morgan fingerprint density at radius 3 is 1.88 bits per heavy atom. The van der Waals surface area contributed by atoms with Crippen LogP contribution in [-0.4, -0.2) is 29.2 Å². The van der Waals surface area contributed by atoms with Crippen LogP contribution < -0.4 is 0 Å². The second kappa shape index (κ2) is 5.85. The Hall–Kier alpha value is -1.86. The lowest BCUT2D eigenvalue weighted by molar-refractivity contribution is -0.343. The van der Waals surface area contributed by atoms with Gasteiger partial charge in [0, 0.05) is 18.4 Å². The lowest BCUT2D eigenvalue weighted by Crippen LogP contribution is -2.68. The molecule has 2 unspecified atom stereocenters. The van der Waals surface area contributed by atoms with Crippen LogP contribution in [0.2, 0.25) is 0 Å². The summed E-state index contributed by atoms with van der Waals surface area (Å²) in [4.78, 5) is 12.4. The van der Waals surface area contributed by atoms with Crippen molar-refractivity contribution < 1.29 is 35.5 Å². The molecule has 2 rings (SSSR count). The van der Waals surface area contributed by atoms with E-state index in [9.17, 15) is 26.7 Å². The van der Waals surface area contributed by atoms with E-state index in [1.165, 1.54) is 25.1 Å². The van der Waals surface area contributed by atoms with Crippen molar-refractivity contribution in [3.05, 3.63) is 47.0 Å². The van der Waals surface area contributed by atoms with Gasteiger partial charge in [0.1, 0.15) is 0 Å². The summed E-state index contributed by atoms with van der Waals surface area (Å²) in [5.74, 6) is -7.77. The first-order valence-electron chi connectivity index (χ1n) is 7.35. The molecule has 1 aliphatic rings. The molecule has 0 fully saturated rings. The SMILES string of the molecule is CC1=C(C)CC(F)(C(F)(F)C(F)(F)F)C(F)(C(=O)c2ccccc2)C1. The number of alkyl halides is 7. The molecule has 1 aliphatic carbocycles. The number of ketones is 1. The molecule has 8 heteroatoms. The highest BCUT2D eigenvalue weighted by molar-refractivity contribution is 6.04. The Labute approximate surface area is 139 Å². The lowest BCUT2D eigenvalue weighted by Gasteiger charge is -2.46. The van der Waals surface area contributed by atoms with Crippen molar-refractivity contribution in [2.45, 2.75) is 50.1 Å². The Morgan fingerprint density at radius 2 is 1.40 bits per heavy atom. The molecule has 0 N–H and O–H groups in total. The predicted octanol–water partition coefficient (Wildman–Crippen LogP) is 5.61. The van der Waals surface area contributed by atoms with Gasteiger partial charge in [0.2, 0.25) is 17.1 Å². The van der Waals surface area contributed by atoms with Gasteiger partial charge in [-0.3, -0.25) is 4.79 Å². The number of hydrogen-bond donors (Lipinski definition) is 0. The van der Waals surface area contributed by atoms with Gasteiger partial charge in [-0.15, -0.1) is 0 Å². The van der Waals surface area contributed by atoms with E-state index in [4.69, 9.17) is 0 Å². The number of halogens is 7. The molecule has 1 aromatic rings.